The van der Waals surface area contributed by atoms with Gasteiger partial charge in [-0.15, -0.1) is 0 Å². The molecule has 1 unspecified atom stereocenters. The highest BCUT2D eigenvalue weighted by molar-refractivity contribution is 5.81. The summed E-state index contributed by atoms with van der Waals surface area (Å²) in [5.74, 6) is -0.770. The lowest BCUT2D eigenvalue weighted by Gasteiger charge is -2.29. The van der Waals surface area contributed by atoms with Crippen LogP contribution in [0.25, 0.3) is 11.3 Å². The van der Waals surface area contributed by atoms with E-state index in [1.165, 1.54) is 6.07 Å². The number of fused-ring (bicyclic) bond motifs is 1. The quantitative estimate of drug-likeness (QED) is 0.683. The van der Waals surface area contributed by atoms with Crippen LogP contribution in [0.3, 0.4) is 0 Å². The minimum absolute atomic E-state index is 0.160. The second kappa shape index (κ2) is 7.42. The molecule has 0 saturated heterocycles. The highest BCUT2D eigenvalue weighted by Crippen LogP contribution is 2.31. The standard InChI is InChI=1S/C21H18F2N2O3/c1-13(27-15-5-3-2-4-6-15)21(26)25-10-9-19-16(12-25)20(24-28-19)14-7-8-17(22)18(23)11-14/h2-8,11,13H,9-10,12H2,1H3. The number of rotatable bonds is 4. The van der Waals surface area contributed by atoms with Crippen LogP contribution in [0.15, 0.2) is 53.1 Å². The third-order valence-corrected chi connectivity index (χ3v) is 4.74. The molecule has 5 nitrogen and oxygen atoms in total. The van der Waals surface area contributed by atoms with Gasteiger partial charge < -0.3 is 14.2 Å². The summed E-state index contributed by atoms with van der Waals surface area (Å²) in [4.78, 5) is 14.5. The summed E-state index contributed by atoms with van der Waals surface area (Å²) in [5.41, 5.74) is 1.53. The molecule has 0 radical (unpaired) electrons. The first-order chi connectivity index (χ1) is 13.5. The lowest BCUT2D eigenvalue weighted by molar-refractivity contribution is -0.139. The maximum atomic E-state index is 13.6. The Hall–Kier alpha value is -3.22. The SMILES string of the molecule is CC(Oc1ccccc1)C(=O)N1CCc2onc(-c3ccc(F)c(F)c3)c2C1. The number of aromatic nitrogens is 1. The number of carbonyl (C=O) groups is 1. The molecule has 2 aromatic carbocycles. The number of halogens is 2. The molecule has 0 saturated carbocycles. The summed E-state index contributed by atoms with van der Waals surface area (Å²) in [7, 11) is 0. The molecular weight excluding hydrogens is 366 g/mol. The van der Waals surface area contributed by atoms with Crippen molar-refractivity contribution in [3.8, 4) is 17.0 Å². The molecule has 0 aliphatic carbocycles. The second-order valence-corrected chi connectivity index (χ2v) is 6.64. The topological polar surface area (TPSA) is 55.6 Å². The number of benzene rings is 2. The van der Waals surface area contributed by atoms with Crippen molar-refractivity contribution < 1.29 is 22.8 Å². The highest BCUT2D eigenvalue weighted by Gasteiger charge is 2.30. The van der Waals surface area contributed by atoms with Crippen molar-refractivity contribution in [1.82, 2.24) is 10.1 Å². The summed E-state index contributed by atoms with van der Waals surface area (Å²) in [6.07, 6.45) is -0.161. The molecule has 1 aromatic heterocycles. The van der Waals surface area contributed by atoms with Crippen molar-refractivity contribution in [1.29, 1.82) is 0 Å². The average molecular weight is 384 g/mol. The van der Waals surface area contributed by atoms with E-state index < -0.39 is 17.7 Å². The molecule has 0 fully saturated rings. The van der Waals surface area contributed by atoms with Gasteiger partial charge in [-0.1, -0.05) is 23.4 Å². The number of carbonyl (C=O) groups excluding carboxylic acids is 1. The largest absolute Gasteiger partial charge is 0.481 e. The number of ether oxygens (including phenoxy) is 1. The normalized spacial score (nSPS) is 14.5. The van der Waals surface area contributed by atoms with Crippen LogP contribution in [0.4, 0.5) is 8.78 Å². The van der Waals surface area contributed by atoms with Crippen LogP contribution in [0.2, 0.25) is 0 Å². The molecule has 1 aliphatic rings. The van der Waals surface area contributed by atoms with Crippen LogP contribution in [0.5, 0.6) is 5.75 Å². The van der Waals surface area contributed by atoms with Gasteiger partial charge in [0.25, 0.3) is 5.91 Å². The molecular formula is C21H18F2N2O3. The van der Waals surface area contributed by atoms with Gasteiger partial charge in [0.1, 0.15) is 17.2 Å². The van der Waals surface area contributed by atoms with Crippen molar-refractivity contribution in [2.75, 3.05) is 6.54 Å². The Balaban J connectivity index is 1.53. The minimum atomic E-state index is -0.956. The fourth-order valence-electron chi connectivity index (χ4n) is 3.28. The monoisotopic (exact) mass is 384 g/mol. The van der Waals surface area contributed by atoms with Crippen molar-refractivity contribution in [3.05, 3.63) is 71.5 Å². The van der Waals surface area contributed by atoms with Crippen LogP contribution in [-0.2, 0) is 17.8 Å². The predicted molar refractivity (Wildman–Crippen MR) is 97.5 cm³/mol. The predicted octanol–water partition coefficient (Wildman–Crippen LogP) is 3.97. The number of hydrogen-bond donors (Lipinski definition) is 0. The molecule has 3 aromatic rings. The van der Waals surface area contributed by atoms with Crippen LogP contribution in [0.1, 0.15) is 18.2 Å². The van der Waals surface area contributed by atoms with E-state index in [-0.39, 0.29) is 12.5 Å². The summed E-state index contributed by atoms with van der Waals surface area (Å²) in [6.45, 7) is 2.45. The van der Waals surface area contributed by atoms with Gasteiger partial charge in [0, 0.05) is 24.1 Å². The zero-order valence-corrected chi connectivity index (χ0v) is 15.2. The molecule has 7 heteroatoms. The fraction of sp³-hybridized carbons (Fsp3) is 0.238. The Morgan fingerprint density at radius 3 is 2.71 bits per heavy atom. The first-order valence-corrected chi connectivity index (χ1v) is 8.96. The van der Waals surface area contributed by atoms with Gasteiger partial charge >= 0.3 is 0 Å². The van der Waals surface area contributed by atoms with Gasteiger partial charge in [0.15, 0.2) is 17.7 Å². The minimum Gasteiger partial charge on any atom is -0.481 e. The molecule has 144 valence electrons. The molecule has 1 aliphatic heterocycles. The lowest BCUT2D eigenvalue weighted by Crippen LogP contribution is -2.43. The first-order valence-electron chi connectivity index (χ1n) is 8.96. The Morgan fingerprint density at radius 2 is 1.96 bits per heavy atom. The van der Waals surface area contributed by atoms with E-state index in [1.807, 2.05) is 18.2 Å². The maximum absolute atomic E-state index is 13.6. The summed E-state index contributed by atoms with van der Waals surface area (Å²) in [6, 6.07) is 12.7. The molecule has 4 rings (SSSR count). The molecule has 2 heterocycles. The Kier molecular flexibility index (Phi) is 4.81. The maximum Gasteiger partial charge on any atom is 0.263 e. The van der Waals surface area contributed by atoms with Crippen molar-refractivity contribution in [2.24, 2.45) is 0 Å². The number of amides is 1. The van der Waals surface area contributed by atoms with Crippen molar-refractivity contribution in [2.45, 2.75) is 26.0 Å². The van der Waals surface area contributed by atoms with E-state index in [0.29, 0.717) is 41.3 Å². The van der Waals surface area contributed by atoms with Crippen molar-refractivity contribution >= 4 is 5.91 Å². The molecule has 0 bridgehead atoms. The van der Waals surface area contributed by atoms with E-state index in [9.17, 15) is 13.6 Å². The summed E-state index contributed by atoms with van der Waals surface area (Å²) < 4.78 is 37.9. The van der Waals surface area contributed by atoms with E-state index in [4.69, 9.17) is 9.26 Å². The van der Waals surface area contributed by atoms with E-state index >= 15 is 0 Å². The fourth-order valence-corrected chi connectivity index (χ4v) is 3.28. The van der Waals surface area contributed by atoms with Gasteiger partial charge in [0.2, 0.25) is 0 Å². The zero-order chi connectivity index (χ0) is 19.7. The van der Waals surface area contributed by atoms with Gasteiger partial charge in [0.05, 0.1) is 6.54 Å². The second-order valence-electron chi connectivity index (χ2n) is 6.64. The van der Waals surface area contributed by atoms with E-state index in [2.05, 4.69) is 5.16 Å². The molecule has 0 spiro atoms. The molecule has 28 heavy (non-hydrogen) atoms. The van der Waals surface area contributed by atoms with Gasteiger partial charge in [-0.25, -0.2) is 8.78 Å². The zero-order valence-electron chi connectivity index (χ0n) is 15.2. The summed E-state index contributed by atoms with van der Waals surface area (Å²) in [5, 5.41) is 4.01. The summed E-state index contributed by atoms with van der Waals surface area (Å²) >= 11 is 0. The molecule has 1 atom stereocenters. The Bertz CT molecular complexity index is 1000. The third-order valence-electron chi connectivity index (χ3n) is 4.74. The molecule has 1 amide bonds. The van der Waals surface area contributed by atoms with Crippen LogP contribution in [-0.4, -0.2) is 28.6 Å². The molecule has 0 N–H and O–H groups in total. The smallest absolute Gasteiger partial charge is 0.263 e. The number of para-hydroxylation sites is 1. The van der Waals surface area contributed by atoms with Crippen LogP contribution >= 0.6 is 0 Å². The van der Waals surface area contributed by atoms with Crippen LogP contribution in [0, 0.1) is 11.6 Å². The Labute approximate surface area is 160 Å². The lowest BCUT2D eigenvalue weighted by atomic mass is 10.0. The van der Waals surface area contributed by atoms with E-state index in [0.717, 1.165) is 12.1 Å². The van der Waals surface area contributed by atoms with Gasteiger partial charge in [-0.3, -0.25) is 4.79 Å². The average Bonchev–Trinajstić information content (AvgIpc) is 3.13. The van der Waals surface area contributed by atoms with Gasteiger partial charge in [-0.05, 0) is 37.3 Å². The first kappa shape index (κ1) is 18.2. The van der Waals surface area contributed by atoms with Crippen molar-refractivity contribution in [3.63, 3.8) is 0 Å². The van der Waals surface area contributed by atoms with E-state index in [1.54, 1.807) is 24.0 Å². The van der Waals surface area contributed by atoms with Crippen LogP contribution < -0.4 is 4.74 Å². The number of nitrogens with zero attached hydrogens (tertiary/aromatic N) is 2. The highest BCUT2D eigenvalue weighted by atomic mass is 19.2. The Morgan fingerprint density at radius 1 is 1.18 bits per heavy atom. The third kappa shape index (κ3) is 3.47. The number of hydrogen-bond acceptors (Lipinski definition) is 4. The van der Waals surface area contributed by atoms with Gasteiger partial charge in [-0.2, -0.15) is 0 Å².